The number of aliphatic hydroxyl groups is 1. The van der Waals surface area contributed by atoms with Crippen LogP contribution in [0.1, 0.15) is 29.2 Å². The van der Waals surface area contributed by atoms with Gasteiger partial charge in [-0.3, -0.25) is 0 Å². The van der Waals surface area contributed by atoms with Crippen molar-refractivity contribution >= 4 is 10.0 Å². The summed E-state index contributed by atoms with van der Waals surface area (Å²) in [5, 5.41) is 18.9. The molecule has 2 N–H and O–H groups in total. The number of nitrogens with one attached hydrogen (secondary N) is 1. The zero-order chi connectivity index (χ0) is 16.9. The van der Waals surface area contributed by atoms with Gasteiger partial charge in [0.2, 0.25) is 10.0 Å². The van der Waals surface area contributed by atoms with Crippen LogP contribution in [0, 0.1) is 18.3 Å². The number of hydrogen-bond donors (Lipinski definition) is 2. The summed E-state index contributed by atoms with van der Waals surface area (Å²) < 4.78 is 27.1. The van der Waals surface area contributed by atoms with Crippen molar-refractivity contribution < 1.29 is 13.5 Å². The molecule has 6 heteroatoms. The Hall–Kier alpha value is -2.20. The van der Waals surface area contributed by atoms with Crippen LogP contribution in [0.3, 0.4) is 0 Å². The molecule has 0 unspecified atom stereocenters. The van der Waals surface area contributed by atoms with E-state index in [2.05, 4.69) is 4.72 Å². The van der Waals surface area contributed by atoms with Gasteiger partial charge in [-0.25, -0.2) is 13.1 Å². The second kappa shape index (κ2) is 7.38. The fourth-order valence-electron chi connectivity index (χ4n) is 2.21. The Kier molecular flexibility index (Phi) is 5.50. The summed E-state index contributed by atoms with van der Waals surface area (Å²) in [7, 11) is -3.71. The van der Waals surface area contributed by atoms with E-state index in [1.54, 1.807) is 31.2 Å². The summed E-state index contributed by atoms with van der Waals surface area (Å²) in [6, 6.07) is 15.5. The molecule has 0 saturated carbocycles. The minimum Gasteiger partial charge on any atom is -0.388 e. The first kappa shape index (κ1) is 17.2. The fourth-order valence-corrected chi connectivity index (χ4v) is 3.52. The molecule has 0 aliphatic carbocycles. The molecule has 0 spiro atoms. The molecule has 1 atom stereocenters. The molecule has 2 rings (SSSR count). The van der Waals surface area contributed by atoms with Crippen LogP contribution in [0.5, 0.6) is 0 Å². The number of rotatable bonds is 6. The van der Waals surface area contributed by atoms with Crippen LogP contribution in [0.2, 0.25) is 0 Å². The highest BCUT2D eigenvalue weighted by Crippen LogP contribution is 2.18. The molecule has 0 heterocycles. The summed E-state index contributed by atoms with van der Waals surface area (Å²) in [5.74, 6) is 0. The van der Waals surface area contributed by atoms with Gasteiger partial charge in [0, 0.05) is 6.54 Å². The SMILES string of the molecule is Cc1ccc(C#N)cc1S(=O)(=O)NCC[C@H](O)c1ccccc1. The third-order valence-electron chi connectivity index (χ3n) is 3.50. The molecule has 0 aromatic heterocycles. The Balaban J connectivity index is 2.04. The van der Waals surface area contributed by atoms with E-state index in [-0.39, 0.29) is 17.9 Å². The largest absolute Gasteiger partial charge is 0.388 e. The number of benzene rings is 2. The molecule has 0 aliphatic rings. The van der Waals surface area contributed by atoms with Crippen molar-refractivity contribution in [1.29, 1.82) is 5.26 Å². The maximum Gasteiger partial charge on any atom is 0.240 e. The average Bonchev–Trinajstić information content (AvgIpc) is 2.55. The average molecular weight is 330 g/mol. The van der Waals surface area contributed by atoms with Crippen LogP contribution < -0.4 is 4.72 Å². The van der Waals surface area contributed by atoms with E-state index >= 15 is 0 Å². The molecule has 2 aromatic rings. The Morgan fingerprint density at radius 2 is 1.91 bits per heavy atom. The quantitative estimate of drug-likeness (QED) is 0.850. The van der Waals surface area contributed by atoms with E-state index < -0.39 is 16.1 Å². The van der Waals surface area contributed by atoms with Crippen LogP contribution in [-0.4, -0.2) is 20.1 Å². The number of aryl methyl sites for hydroxylation is 1. The molecule has 0 amide bonds. The maximum absolute atomic E-state index is 12.3. The first-order chi connectivity index (χ1) is 10.9. The highest BCUT2D eigenvalue weighted by molar-refractivity contribution is 7.89. The summed E-state index contributed by atoms with van der Waals surface area (Å²) in [6.45, 7) is 1.78. The topological polar surface area (TPSA) is 90.2 Å². The minimum absolute atomic E-state index is 0.0887. The normalized spacial score (nSPS) is 12.6. The number of nitriles is 1. The van der Waals surface area contributed by atoms with Gasteiger partial charge in [-0.05, 0) is 36.6 Å². The van der Waals surface area contributed by atoms with Crippen LogP contribution in [0.4, 0.5) is 0 Å². The van der Waals surface area contributed by atoms with Gasteiger partial charge in [0.1, 0.15) is 0 Å². The monoisotopic (exact) mass is 330 g/mol. The lowest BCUT2D eigenvalue weighted by molar-refractivity contribution is 0.169. The molecule has 0 aliphatic heterocycles. The lowest BCUT2D eigenvalue weighted by Crippen LogP contribution is -2.26. The lowest BCUT2D eigenvalue weighted by Gasteiger charge is -2.13. The van der Waals surface area contributed by atoms with E-state index in [4.69, 9.17) is 5.26 Å². The first-order valence-electron chi connectivity index (χ1n) is 7.17. The molecule has 0 fully saturated rings. The number of sulfonamides is 1. The Labute approximate surface area is 136 Å². The standard InChI is InChI=1S/C17H18N2O3S/c1-13-7-8-14(12-18)11-17(13)23(21,22)19-10-9-16(20)15-5-3-2-4-6-15/h2-8,11,16,19-20H,9-10H2,1H3/t16-/m0/s1. The van der Waals surface area contributed by atoms with Gasteiger partial charge in [-0.1, -0.05) is 36.4 Å². The first-order valence-corrected chi connectivity index (χ1v) is 8.66. The van der Waals surface area contributed by atoms with E-state index in [1.165, 1.54) is 6.07 Å². The van der Waals surface area contributed by atoms with Gasteiger partial charge in [-0.15, -0.1) is 0 Å². The molecular formula is C17H18N2O3S. The molecule has 0 bridgehead atoms. The predicted molar refractivity (Wildman–Crippen MR) is 87.1 cm³/mol. The zero-order valence-electron chi connectivity index (χ0n) is 12.7. The van der Waals surface area contributed by atoms with Gasteiger partial charge in [0.15, 0.2) is 0 Å². The zero-order valence-corrected chi connectivity index (χ0v) is 13.5. The van der Waals surface area contributed by atoms with E-state index in [0.717, 1.165) is 5.56 Å². The summed E-state index contributed by atoms with van der Waals surface area (Å²) in [6.07, 6.45) is -0.467. The third kappa shape index (κ3) is 4.39. The Bertz CT molecular complexity index is 811. The highest BCUT2D eigenvalue weighted by atomic mass is 32.2. The molecule has 120 valence electrons. The Morgan fingerprint density at radius 1 is 1.22 bits per heavy atom. The minimum atomic E-state index is -3.71. The van der Waals surface area contributed by atoms with Crippen molar-refractivity contribution in [2.24, 2.45) is 0 Å². The van der Waals surface area contributed by atoms with Crippen molar-refractivity contribution in [2.75, 3.05) is 6.54 Å². The van der Waals surface area contributed by atoms with Crippen LogP contribution in [0.15, 0.2) is 53.4 Å². The Morgan fingerprint density at radius 3 is 2.57 bits per heavy atom. The molecule has 0 saturated heterocycles. The molecular weight excluding hydrogens is 312 g/mol. The molecule has 2 aromatic carbocycles. The van der Waals surface area contributed by atoms with Crippen LogP contribution in [-0.2, 0) is 10.0 Å². The van der Waals surface area contributed by atoms with E-state index in [0.29, 0.717) is 11.1 Å². The van der Waals surface area contributed by atoms with Gasteiger partial charge in [0.05, 0.1) is 22.6 Å². The van der Waals surface area contributed by atoms with Crippen molar-refractivity contribution in [3.8, 4) is 6.07 Å². The molecule has 0 radical (unpaired) electrons. The highest BCUT2D eigenvalue weighted by Gasteiger charge is 2.18. The second-order valence-electron chi connectivity index (χ2n) is 5.21. The van der Waals surface area contributed by atoms with Gasteiger partial charge < -0.3 is 5.11 Å². The second-order valence-corrected chi connectivity index (χ2v) is 6.94. The summed E-state index contributed by atoms with van der Waals surface area (Å²) >= 11 is 0. The molecule has 23 heavy (non-hydrogen) atoms. The van der Waals surface area contributed by atoms with Gasteiger partial charge in [0.25, 0.3) is 0 Å². The molecule has 5 nitrogen and oxygen atoms in total. The van der Waals surface area contributed by atoms with Crippen molar-refractivity contribution in [1.82, 2.24) is 4.72 Å². The van der Waals surface area contributed by atoms with Crippen LogP contribution in [0.25, 0.3) is 0 Å². The number of hydrogen-bond acceptors (Lipinski definition) is 4. The van der Waals surface area contributed by atoms with Crippen molar-refractivity contribution in [3.63, 3.8) is 0 Å². The predicted octanol–water partition coefficient (Wildman–Crippen LogP) is 2.27. The van der Waals surface area contributed by atoms with Crippen molar-refractivity contribution in [2.45, 2.75) is 24.3 Å². The number of nitrogens with zero attached hydrogens (tertiary/aromatic N) is 1. The van der Waals surface area contributed by atoms with Crippen molar-refractivity contribution in [3.05, 3.63) is 65.2 Å². The van der Waals surface area contributed by atoms with Gasteiger partial charge >= 0.3 is 0 Å². The van der Waals surface area contributed by atoms with Crippen LogP contribution >= 0.6 is 0 Å². The summed E-state index contributed by atoms with van der Waals surface area (Å²) in [4.78, 5) is 0.0887. The fraction of sp³-hybridized carbons (Fsp3) is 0.235. The smallest absolute Gasteiger partial charge is 0.240 e. The number of aliphatic hydroxyl groups excluding tert-OH is 1. The third-order valence-corrected chi connectivity index (χ3v) is 5.10. The van der Waals surface area contributed by atoms with Gasteiger partial charge in [-0.2, -0.15) is 5.26 Å². The maximum atomic E-state index is 12.3. The van der Waals surface area contributed by atoms with E-state index in [9.17, 15) is 13.5 Å². The van der Waals surface area contributed by atoms with E-state index in [1.807, 2.05) is 24.3 Å². The lowest BCUT2D eigenvalue weighted by atomic mass is 10.1. The summed E-state index contributed by atoms with van der Waals surface area (Å²) in [5.41, 5.74) is 1.61.